The standard InChI is InChI=1S/C23H25N5O/c1-16-6-5-7-17(10-16)12-27-13-18-11-21-25-26-22(28(21)15-19(18)14-27)23(29)24-20-8-3-2-4-9-20/h2-10,18-19H,11-15H2,1H3,(H,24,29)/t18-,19-/m0/s1. The number of para-hydroxylation sites is 1. The summed E-state index contributed by atoms with van der Waals surface area (Å²) >= 11 is 0. The highest BCUT2D eigenvalue weighted by Gasteiger charge is 2.39. The molecule has 0 unspecified atom stereocenters. The van der Waals surface area contributed by atoms with Crippen LogP contribution in [-0.2, 0) is 19.5 Å². The highest BCUT2D eigenvalue weighted by atomic mass is 16.2. The van der Waals surface area contributed by atoms with E-state index in [4.69, 9.17) is 0 Å². The van der Waals surface area contributed by atoms with Crippen molar-refractivity contribution in [1.82, 2.24) is 19.7 Å². The lowest BCUT2D eigenvalue weighted by atomic mass is 9.89. The molecule has 0 bridgehead atoms. The van der Waals surface area contributed by atoms with Crippen LogP contribution in [0.15, 0.2) is 54.6 Å². The second-order valence-corrected chi connectivity index (χ2v) is 8.28. The van der Waals surface area contributed by atoms with Crippen molar-refractivity contribution in [2.75, 3.05) is 18.4 Å². The summed E-state index contributed by atoms with van der Waals surface area (Å²) in [5.74, 6) is 2.28. The molecule has 3 heterocycles. The van der Waals surface area contributed by atoms with Crippen LogP contribution in [0.4, 0.5) is 5.69 Å². The first kappa shape index (κ1) is 18.1. The van der Waals surface area contributed by atoms with E-state index < -0.39 is 0 Å². The van der Waals surface area contributed by atoms with E-state index in [0.717, 1.165) is 44.1 Å². The summed E-state index contributed by atoms with van der Waals surface area (Å²) in [4.78, 5) is 15.3. The van der Waals surface area contributed by atoms with Crippen molar-refractivity contribution in [2.45, 2.75) is 26.4 Å². The van der Waals surface area contributed by atoms with Gasteiger partial charge >= 0.3 is 0 Å². The molecule has 1 N–H and O–H groups in total. The van der Waals surface area contributed by atoms with Crippen molar-refractivity contribution >= 4 is 11.6 Å². The zero-order chi connectivity index (χ0) is 19.8. The Balaban J connectivity index is 1.28. The molecule has 148 valence electrons. The molecule has 1 fully saturated rings. The Morgan fingerprint density at radius 2 is 1.86 bits per heavy atom. The lowest BCUT2D eigenvalue weighted by Crippen LogP contribution is -2.31. The van der Waals surface area contributed by atoms with Crippen LogP contribution in [0.25, 0.3) is 0 Å². The Hall–Kier alpha value is -2.99. The van der Waals surface area contributed by atoms with Gasteiger partial charge in [-0.25, -0.2) is 0 Å². The minimum atomic E-state index is -0.192. The summed E-state index contributed by atoms with van der Waals surface area (Å²) in [5.41, 5.74) is 3.44. The lowest BCUT2D eigenvalue weighted by molar-refractivity contribution is 0.100. The van der Waals surface area contributed by atoms with Crippen molar-refractivity contribution in [1.29, 1.82) is 0 Å². The number of benzene rings is 2. The Morgan fingerprint density at radius 1 is 1.03 bits per heavy atom. The average Bonchev–Trinajstić information content (AvgIpc) is 3.29. The van der Waals surface area contributed by atoms with Crippen LogP contribution in [-0.4, -0.2) is 38.7 Å². The number of aryl methyl sites for hydroxylation is 1. The number of anilines is 1. The van der Waals surface area contributed by atoms with Gasteiger partial charge in [-0.2, -0.15) is 0 Å². The molecule has 0 spiro atoms. The molecule has 2 aromatic carbocycles. The van der Waals surface area contributed by atoms with Gasteiger partial charge in [0.05, 0.1) is 0 Å². The molecule has 3 aromatic rings. The number of likely N-dealkylation sites (tertiary alicyclic amines) is 1. The van der Waals surface area contributed by atoms with E-state index in [1.807, 2.05) is 34.9 Å². The van der Waals surface area contributed by atoms with Crippen molar-refractivity contribution in [3.05, 3.63) is 77.4 Å². The summed E-state index contributed by atoms with van der Waals surface area (Å²) in [7, 11) is 0. The van der Waals surface area contributed by atoms with E-state index in [0.29, 0.717) is 17.7 Å². The molecule has 5 rings (SSSR count). The highest BCUT2D eigenvalue weighted by Crippen LogP contribution is 2.33. The van der Waals surface area contributed by atoms with E-state index in [1.54, 1.807) is 0 Å². The van der Waals surface area contributed by atoms with Crippen LogP contribution in [0.1, 0.15) is 27.6 Å². The van der Waals surface area contributed by atoms with Crippen molar-refractivity contribution in [3.8, 4) is 0 Å². The molecule has 6 heteroatoms. The van der Waals surface area contributed by atoms with E-state index in [9.17, 15) is 4.79 Å². The van der Waals surface area contributed by atoms with Crippen molar-refractivity contribution < 1.29 is 4.79 Å². The zero-order valence-corrected chi connectivity index (χ0v) is 16.6. The van der Waals surface area contributed by atoms with Gasteiger partial charge in [0.1, 0.15) is 5.82 Å². The van der Waals surface area contributed by atoms with Gasteiger partial charge in [0.25, 0.3) is 5.91 Å². The first-order valence-corrected chi connectivity index (χ1v) is 10.2. The molecular weight excluding hydrogens is 362 g/mol. The fraction of sp³-hybridized carbons (Fsp3) is 0.348. The number of hydrogen-bond donors (Lipinski definition) is 1. The van der Waals surface area contributed by atoms with Gasteiger partial charge in [0.2, 0.25) is 5.82 Å². The summed E-state index contributed by atoms with van der Waals surface area (Å²) in [6.07, 6.45) is 0.889. The monoisotopic (exact) mass is 387 g/mol. The highest BCUT2D eigenvalue weighted by molar-refractivity contribution is 6.01. The minimum Gasteiger partial charge on any atom is -0.319 e. The number of nitrogens with one attached hydrogen (secondary N) is 1. The van der Waals surface area contributed by atoms with Crippen LogP contribution in [0.2, 0.25) is 0 Å². The molecule has 0 saturated carbocycles. The van der Waals surface area contributed by atoms with E-state index in [1.165, 1.54) is 11.1 Å². The zero-order valence-electron chi connectivity index (χ0n) is 16.6. The van der Waals surface area contributed by atoms with Crippen LogP contribution in [0.5, 0.6) is 0 Å². The maximum Gasteiger partial charge on any atom is 0.293 e. The Bertz CT molecular complexity index is 1030. The van der Waals surface area contributed by atoms with Gasteiger partial charge in [0.15, 0.2) is 0 Å². The fourth-order valence-corrected chi connectivity index (χ4v) is 4.70. The quantitative estimate of drug-likeness (QED) is 0.747. The molecule has 0 radical (unpaired) electrons. The van der Waals surface area contributed by atoms with Crippen LogP contribution in [0.3, 0.4) is 0 Å². The van der Waals surface area contributed by atoms with Gasteiger partial charge in [-0.3, -0.25) is 9.69 Å². The first-order valence-electron chi connectivity index (χ1n) is 10.2. The van der Waals surface area contributed by atoms with E-state index in [-0.39, 0.29) is 5.91 Å². The van der Waals surface area contributed by atoms with Crippen LogP contribution in [0, 0.1) is 18.8 Å². The predicted molar refractivity (Wildman–Crippen MR) is 112 cm³/mol. The average molecular weight is 387 g/mol. The Kier molecular flexibility index (Phi) is 4.64. The number of amides is 1. The lowest BCUT2D eigenvalue weighted by Gasteiger charge is -2.25. The fourth-order valence-electron chi connectivity index (χ4n) is 4.70. The molecule has 1 amide bonds. The number of carbonyl (C=O) groups is 1. The van der Waals surface area contributed by atoms with Crippen molar-refractivity contribution in [2.24, 2.45) is 11.8 Å². The minimum absolute atomic E-state index is 0.192. The largest absolute Gasteiger partial charge is 0.319 e. The third-order valence-electron chi connectivity index (χ3n) is 6.06. The molecule has 6 nitrogen and oxygen atoms in total. The van der Waals surface area contributed by atoms with E-state index >= 15 is 0 Å². The molecule has 2 atom stereocenters. The molecular formula is C23H25N5O. The Labute approximate surface area is 170 Å². The topological polar surface area (TPSA) is 63.1 Å². The number of carbonyl (C=O) groups excluding carboxylic acids is 1. The number of aromatic nitrogens is 3. The third kappa shape index (κ3) is 3.68. The van der Waals surface area contributed by atoms with Crippen molar-refractivity contribution in [3.63, 3.8) is 0 Å². The van der Waals surface area contributed by atoms with Gasteiger partial charge in [-0.1, -0.05) is 48.0 Å². The van der Waals surface area contributed by atoms with Gasteiger partial charge in [0, 0.05) is 38.3 Å². The van der Waals surface area contributed by atoms with Crippen LogP contribution >= 0.6 is 0 Å². The molecule has 29 heavy (non-hydrogen) atoms. The first-order chi connectivity index (χ1) is 14.2. The summed E-state index contributed by atoms with van der Waals surface area (Å²) in [6, 6.07) is 18.2. The summed E-state index contributed by atoms with van der Waals surface area (Å²) in [5, 5.41) is 11.5. The second-order valence-electron chi connectivity index (χ2n) is 8.28. The molecule has 0 aliphatic carbocycles. The third-order valence-corrected chi connectivity index (χ3v) is 6.06. The predicted octanol–water partition coefficient (Wildman–Crippen LogP) is 3.14. The SMILES string of the molecule is Cc1cccc(CN2C[C@@H]3Cc4nnc(C(=O)Nc5ccccc5)n4C[C@@H]3C2)c1. The molecule has 2 aliphatic heterocycles. The molecule has 2 aliphatic rings. The molecule has 1 saturated heterocycles. The second kappa shape index (κ2) is 7.44. The van der Waals surface area contributed by atoms with Gasteiger partial charge in [-0.05, 0) is 36.5 Å². The van der Waals surface area contributed by atoms with Gasteiger partial charge < -0.3 is 9.88 Å². The number of nitrogens with zero attached hydrogens (tertiary/aromatic N) is 4. The number of rotatable bonds is 4. The maximum absolute atomic E-state index is 12.7. The normalized spacial score (nSPS) is 20.9. The smallest absolute Gasteiger partial charge is 0.293 e. The maximum atomic E-state index is 12.7. The van der Waals surface area contributed by atoms with Crippen LogP contribution < -0.4 is 5.32 Å². The Morgan fingerprint density at radius 3 is 2.69 bits per heavy atom. The van der Waals surface area contributed by atoms with Gasteiger partial charge in [-0.15, -0.1) is 10.2 Å². The summed E-state index contributed by atoms with van der Waals surface area (Å²) in [6.45, 7) is 6.07. The summed E-state index contributed by atoms with van der Waals surface area (Å²) < 4.78 is 2.02. The molecule has 1 aromatic heterocycles. The number of fused-ring (bicyclic) bond motifs is 2. The van der Waals surface area contributed by atoms with E-state index in [2.05, 4.69) is 51.6 Å². The number of hydrogen-bond acceptors (Lipinski definition) is 4.